The number of benzene rings is 1. The molecule has 4 nitrogen and oxygen atoms in total. The first-order valence-corrected chi connectivity index (χ1v) is 7.44. The summed E-state index contributed by atoms with van der Waals surface area (Å²) in [5.74, 6) is 0.702. The van der Waals surface area contributed by atoms with E-state index in [0.29, 0.717) is 12.6 Å². The summed E-state index contributed by atoms with van der Waals surface area (Å²) in [6.45, 7) is 4.31. The largest absolute Gasteiger partial charge is 0.489 e. The monoisotopic (exact) mass is 276 g/mol. The van der Waals surface area contributed by atoms with Crippen molar-refractivity contribution in [2.24, 2.45) is 0 Å². The van der Waals surface area contributed by atoms with Crippen molar-refractivity contribution in [1.29, 1.82) is 0 Å². The van der Waals surface area contributed by atoms with Crippen LogP contribution in [0.3, 0.4) is 0 Å². The average molecular weight is 276 g/mol. The fourth-order valence-corrected chi connectivity index (χ4v) is 2.49. The number of carbonyl (C=O) groups is 1. The Bertz CT molecular complexity index is 440. The van der Waals surface area contributed by atoms with E-state index in [1.165, 1.54) is 25.7 Å². The van der Waals surface area contributed by atoms with E-state index in [1.807, 2.05) is 38.1 Å². The number of nitrogens with one attached hydrogen (secondary N) is 2. The number of amides is 1. The molecule has 1 amide bonds. The Balaban J connectivity index is 1.86. The molecule has 0 aliphatic heterocycles. The normalized spacial score (nSPS) is 15.6. The van der Waals surface area contributed by atoms with Gasteiger partial charge in [0.1, 0.15) is 5.75 Å². The zero-order chi connectivity index (χ0) is 14.4. The standard InChI is InChI=1S/C16H24N2O2/c1-12(2)20-15-10-6-5-9-14(15)18-16(19)11-17-13-7-3-4-8-13/h5-6,9-10,12-13,17H,3-4,7-8,11H2,1-2H3,(H,18,19). The van der Waals surface area contributed by atoms with Crippen molar-refractivity contribution in [1.82, 2.24) is 5.32 Å². The van der Waals surface area contributed by atoms with Gasteiger partial charge in [-0.1, -0.05) is 25.0 Å². The predicted octanol–water partition coefficient (Wildman–Crippen LogP) is 2.94. The quantitative estimate of drug-likeness (QED) is 0.840. The molecule has 0 bridgehead atoms. The highest BCUT2D eigenvalue weighted by atomic mass is 16.5. The number of hydrogen-bond donors (Lipinski definition) is 2. The van der Waals surface area contributed by atoms with Crippen molar-refractivity contribution in [2.75, 3.05) is 11.9 Å². The fraction of sp³-hybridized carbons (Fsp3) is 0.562. The lowest BCUT2D eigenvalue weighted by Gasteiger charge is -2.16. The van der Waals surface area contributed by atoms with Crippen LogP contribution in [0.2, 0.25) is 0 Å². The van der Waals surface area contributed by atoms with E-state index in [9.17, 15) is 4.79 Å². The molecule has 1 saturated carbocycles. The van der Waals surface area contributed by atoms with Crippen molar-refractivity contribution in [3.05, 3.63) is 24.3 Å². The van der Waals surface area contributed by atoms with Crippen LogP contribution in [0.5, 0.6) is 5.75 Å². The molecule has 1 aromatic rings. The minimum atomic E-state index is -0.0169. The van der Waals surface area contributed by atoms with Gasteiger partial charge in [-0.15, -0.1) is 0 Å². The molecule has 2 N–H and O–H groups in total. The van der Waals surface area contributed by atoms with Crippen LogP contribution in [0.1, 0.15) is 39.5 Å². The second kappa shape index (κ2) is 7.29. The number of carbonyl (C=O) groups excluding carboxylic acids is 1. The van der Waals surface area contributed by atoms with Crippen LogP contribution < -0.4 is 15.4 Å². The smallest absolute Gasteiger partial charge is 0.238 e. The summed E-state index contributed by atoms with van der Waals surface area (Å²) < 4.78 is 5.69. The van der Waals surface area contributed by atoms with E-state index in [4.69, 9.17) is 4.74 Å². The third-order valence-corrected chi connectivity index (χ3v) is 3.43. The maximum atomic E-state index is 12.0. The van der Waals surface area contributed by atoms with E-state index < -0.39 is 0 Å². The summed E-state index contributed by atoms with van der Waals surface area (Å²) in [5.41, 5.74) is 0.736. The Kier molecular flexibility index (Phi) is 5.41. The van der Waals surface area contributed by atoms with E-state index in [2.05, 4.69) is 10.6 Å². The van der Waals surface area contributed by atoms with Crippen molar-refractivity contribution in [3.63, 3.8) is 0 Å². The molecule has 1 aliphatic rings. The Morgan fingerprint density at radius 2 is 2.00 bits per heavy atom. The number of anilines is 1. The Morgan fingerprint density at radius 3 is 2.70 bits per heavy atom. The van der Waals surface area contributed by atoms with Crippen molar-refractivity contribution in [3.8, 4) is 5.75 Å². The molecule has 110 valence electrons. The van der Waals surface area contributed by atoms with Gasteiger partial charge in [0.05, 0.1) is 18.3 Å². The van der Waals surface area contributed by atoms with Gasteiger partial charge in [-0.05, 0) is 38.8 Å². The third kappa shape index (κ3) is 4.53. The first kappa shape index (κ1) is 14.9. The molecule has 1 aliphatic carbocycles. The zero-order valence-electron chi connectivity index (χ0n) is 12.3. The number of ether oxygens (including phenoxy) is 1. The molecule has 1 aromatic carbocycles. The molecule has 0 spiro atoms. The highest BCUT2D eigenvalue weighted by molar-refractivity contribution is 5.93. The lowest BCUT2D eigenvalue weighted by molar-refractivity contribution is -0.115. The van der Waals surface area contributed by atoms with E-state index in [-0.39, 0.29) is 12.0 Å². The van der Waals surface area contributed by atoms with Gasteiger partial charge in [0.25, 0.3) is 0 Å². The first-order chi connectivity index (χ1) is 9.65. The maximum absolute atomic E-state index is 12.0. The van der Waals surface area contributed by atoms with Gasteiger partial charge in [-0.2, -0.15) is 0 Å². The summed E-state index contributed by atoms with van der Waals surface area (Å²) in [6, 6.07) is 8.05. The van der Waals surface area contributed by atoms with Crippen molar-refractivity contribution < 1.29 is 9.53 Å². The molecular formula is C16H24N2O2. The van der Waals surface area contributed by atoms with Crippen LogP contribution in [0, 0.1) is 0 Å². The predicted molar refractivity (Wildman–Crippen MR) is 81.1 cm³/mol. The van der Waals surface area contributed by atoms with Crippen LogP contribution in [-0.2, 0) is 4.79 Å². The van der Waals surface area contributed by atoms with E-state index in [1.54, 1.807) is 0 Å². The number of rotatable bonds is 6. The Morgan fingerprint density at radius 1 is 1.30 bits per heavy atom. The fourth-order valence-electron chi connectivity index (χ4n) is 2.49. The average Bonchev–Trinajstić information content (AvgIpc) is 2.91. The summed E-state index contributed by atoms with van der Waals surface area (Å²) >= 11 is 0. The molecule has 0 radical (unpaired) electrons. The zero-order valence-corrected chi connectivity index (χ0v) is 12.3. The lowest BCUT2D eigenvalue weighted by Crippen LogP contribution is -2.34. The second-order valence-corrected chi connectivity index (χ2v) is 5.57. The van der Waals surface area contributed by atoms with Gasteiger partial charge in [-0.3, -0.25) is 4.79 Å². The molecule has 0 aromatic heterocycles. The summed E-state index contributed by atoms with van der Waals surface area (Å²) in [7, 11) is 0. The molecule has 1 fully saturated rings. The van der Waals surface area contributed by atoms with Crippen LogP contribution in [0.4, 0.5) is 5.69 Å². The van der Waals surface area contributed by atoms with Crippen LogP contribution >= 0.6 is 0 Å². The summed E-state index contributed by atoms with van der Waals surface area (Å²) in [6.07, 6.45) is 4.99. The molecular weight excluding hydrogens is 252 g/mol. The maximum Gasteiger partial charge on any atom is 0.238 e. The minimum Gasteiger partial charge on any atom is -0.489 e. The molecule has 2 rings (SSSR count). The number of para-hydroxylation sites is 2. The molecule has 4 heteroatoms. The van der Waals surface area contributed by atoms with Crippen LogP contribution in [0.15, 0.2) is 24.3 Å². The molecule has 0 atom stereocenters. The third-order valence-electron chi connectivity index (χ3n) is 3.43. The van der Waals surface area contributed by atoms with Gasteiger partial charge < -0.3 is 15.4 Å². The van der Waals surface area contributed by atoms with Crippen molar-refractivity contribution in [2.45, 2.75) is 51.7 Å². The molecule has 0 heterocycles. The molecule has 0 unspecified atom stereocenters. The summed E-state index contributed by atoms with van der Waals surface area (Å²) in [4.78, 5) is 12.0. The van der Waals surface area contributed by atoms with Gasteiger partial charge in [-0.25, -0.2) is 0 Å². The highest BCUT2D eigenvalue weighted by Crippen LogP contribution is 2.24. The van der Waals surface area contributed by atoms with Crippen LogP contribution in [0.25, 0.3) is 0 Å². The SMILES string of the molecule is CC(C)Oc1ccccc1NC(=O)CNC1CCCC1. The second-order valence-electron chi connectivity index (χ2n) is 5.57. The lowest BCUT2D eigenvalue weighted by atomic mass is 10.2. The van der Waals surface area contributed by atoms with E-state index >= 15 is 0 Å². The first-order valence-electron chi connectivity index (χ1n) is 7.44. The van der Waals surface area contributed by atoms with Crippen molar-refractivity contribution >= 4 is 11.6 Å². The summed E-state index contributed by atoms with van der Waals surface area (Å²) in [5, 5.41) is 6.22. The van der Waals surface area contributed by atoms with Gasteiger partial charge in [0.15, 0.2) is 0 Å². The Labute approximate surface area is 120 Å². The Hall–Kier alpha value is -1.55. The van der Waals surface area contributed by atoms with Gasteiger partial charge in [0, 0.05) is 6.04 Å². The van der Waals surface area contributed by atoms with E-state index in [0.717, 1.165) is 11.4 Å². The van der Waals surface area contributed by atoms with Crippen LogP contribution in [-0.4, -0.2) is 24.6 Å². The van der Waals surface area contributed by atoms with Gasteiger partial charge >= 0.3 is 0 Å². The molecule has 0 saturated heterocycles. The number of hydrogen-bond acceptors (Lipinski definition) is 3. The molecule has 20 heavy (non-hydrogen) atoms. The topological polar surface area (TPSA) is 50.4 Å². The highest BCUT2D eigenvalue weighted by Gasteiger charge is 2.15. The minimum absolute atomic E-state index is 0.0169. The van der Waals surface area contributed by atoms with Gasteiger partial charge in [0.2, 0.25) is 5.91 Å².